The van der Waals surface area contributed by atoms with Crippen molar-refractivity contribution in [1.82, 2.24) is 4.98 Å². The summed E-state index contributed by atoms with van der Waals surface area (Å²) in [7, 11) is 1.42. The van der Waals surface area contributed by atoms with Crippen molar-refractivity contribution in [3.63, 3.8) is 0 Å². The molecule has 0 spiro atoms. The molecule has 1 aliphatic rings. The van der Waals surface area contributed by atoms with Crippen molar-refractivity contribution in [3.05, 3.63) is 18.0 Å². The molecule has 0 N–H and O–H groups in total. The molecule has 0 aliphatic heterocycles. The fourth-order valence-corrected chi connectivity index (χ4v) is 3.87. The zero-order valence-corrected chi connectivity index (χ0v) is 21.7. The van der Waals surface area contributed by atoms with Crippen LogP contribution < -0.4 is 9.47 Å². The van der Waals surface area contributed by atoms with Gasteiger partial charge in [0.25, 0.3) is 0 Å². The van der Waals surface area contributed by atoms with Gasteiger partial charge >= 0.3 is 11.9 Å². The average molecular weight is 494 g/mol. The van der Waals surface area contributed by atoms with Crippen molar-refractivity contribution < 1.29 is 38.1 Å². The highest BCUT2D eigenvalue weighted by Gasteiger charge is 2.33. The van der Waals surface area contributed by atoms with Crippen LogP contribution >= 0.6 is 0 Å². The number of hydrogen-bond donors (Lipinski definition) is 0. The Morgan fingerprint density at radius 3 is 2.40 bits per heavy atom. The second-order valence-electron chi connectivity index (χ2n) is 9.08. The van der Waals surface area contributed by atoms with E-state index in [2.05, 4.69) is 18.8 Å². The smallest absolute Gasteiger partial charge is 0.309 e. The summed E-state index contributed by atoms with van der Waals surface area (Å²) in [6.07, 6.45) is 4.90. The van der Waals surface area contributed by atoms with E-state index in [1.807, 2.05) is 6.92 Å². The third kappa shape index (κ3) is 8.80. The van der Waals surface area contributed by atoms with Gasteiger partial charge in [-0.2, -0.15) is 0 Å². The summed E-state index contributed by atoms with van der Waals surface area (Å²) >= 11 is 0. The lowest BCUT2D eigenvalue weighted by molar-refractivity contribution is -0.164. The van der Waals surface area contributed by atoms with Crippen LogP contribution in [0.1, 0.15) is 77.2 Å². The van der Waals surface area contributed by atoms with Crippen molar-refractivity contribution in [2.45, 2.75) is 78.9 Å². The van der Waals surface area contributed by atoms with Crippen LogP contribution in [0.15, 0.2) is 12.3 Å². The number of ketones is 1. The second-order valence-corrected chi connectivity index (χ2v) is 9.08. The van der Waals surface area contributed by atoms with E-state index in [1.165, 1.54) is 39.1 Å². The largest absolute Gasteiger partial charge is 0.493 e. The minimum atomic E-state index is -0.704. The Balaban J connectivity index is 2.04. The lowest BCUT2D eigenvalue weighted by atomic mass is 9.93. The molecule has 9 nitrogen and oxygen atoms in total. The van der Waals surface area contributed by atoms with Gasteiger partial charge in [-0.15, -0.1) is 0 Å². The topological polar surface area (TPSA) is 110 Å². The van der Waals surface area contributed by atoms with E-state index in [1.54, 1.807) is 6.92 Å². The number of hydrogen-bond acceptors (Lipinski definition) is 9. The molecule has 0 saturated heterocycles. The first kappa shape index (κ1) is 28.6. The first-order valence-electron chi connectivity index (χ1n) is 12.4. The number of carbonyl (C=O) groups excluding carboxylic acids is 3. The van der Waals surface area contributed by atoms with Gasteiger partial charge in [-0.25, -0.2) is 4.98 Å². The van der Waals surface area contributed by atoms with E-state index in [0.717, 1.165) is 12.8 Å². The first-order valence-corrected chi connectivity index (χ1v) is 12.4. The van der Waals surface area contributed by atoms with Gasteiger partial charge in [0.15, 0.2) is 23.0 Å². The molecule has 1 aromatic rings. The van der Waals surface area contributed by atoms with Crippen LogP contribution in [0.3, 0.4) is 0 Å². The predicted octanol–water partition coefficient (Wildman–Crippen LogP) is 4.36. The summed E-state index contributed by atoms with van der Waals surface area (Å²) in [4.78, 5) is 41.0. The zero-order valence-electron chi connectivity index (χ0n) is 21.7. The summed E-state index contributed by atoms with van der Waals surface area (Å²) in [5, 5.41) is 0. The number of rotatable bonds is 16. The fraction of sp³-hybridized carbons (Fsp3) is 0.692. The Hall–Kier alpha value is -2.68. The third-order valence-corrected chi connectivity index (χ3v) is 6.21. The number of pyridine rings is 1. The molecule has 1 heterocycles. The average Bonchev–Trinajstić information content (AvgIpc) is 3.65. The Kier molecular flexibility index (Phi) is 11.4. The van der Waals surface area contributed by atoms with Gasteiger partial charge in [-0.3, -0.25) is 14.4 Å². The van der Waals surface area contributed by atoms with E-state index < -0.39 is 36.5 Å². The molecule has 1 aromatic heterocycles. The van der Waals surface area contributed by atoms with Crippen LogP contribution in [0.5, 0.6) is 11.5 Å². The highest BCUT2D eigenvalue weighted by atomic mass is 16.7. The number of carbonyl (C=O) groups is 3. The molecular weight excluding hydrogens is 454 g/mol. The number of nitrogens with zero attached hydrogens (tertiary/aromatic N) is 1. The van der Waals surface area contributed by atoms with E-state index in [0.29, 0.717) is 12.5 Å². The van der Waals surface area contributed by atoms with Gasteiger partial charge in [-0.1, -0.05) is 33.6 Å². The summed E-state index contributed by atoms with van der Waals surface area (Å²) in [6, 6.07) is 1.53. The second kappa shape index (κ2) is 14.0. The number of aromatic nitrogens is 1. The summed E-state index contributed by atoms with van der Waals surface area (Å²) in [5.41, 5.74) is -0.00752. The van der Waals surface area contributed by atoms with Gasteiger partial charge in [0, 0.05) is 32.2 Å². The quantitative estimate of drug-likeness (QED) is 0.188. The first-order chi connectivity index (χ1) is 16.7. The van der Waals surface area contributed by atoms with Crippen LogP contribution in [0, 0.1) is 17.8 Å². The maximum absolute atomic E-state index is 13.0. The maximum atomic E-state index is 13.0. The minimum Gasteiger partial charge on any atom is -0.493 e. The summed E-state index contributed by atoms with van der Waals surface area (Å²) < 4.78 is 27.4. The van der Waals surface area contributed by atoms with Crippen molar-refractivity contribution in [1.29, 1.82) is 0 Å². The van der Waals surface area contributed by atoms with Crippen molar-refractivity contribution in [3.8, 4) is 11.5 Å². The minimum absolute atomic E-state index is 0.00752. The van der Waals surface area contributed by atoms with E-state index >= 15 is 0 Å². The molecule has 9 heteroatoms. The normalized spacial score (nSPS) is 15.7. The van der Waals surface area contributed by atoms with Gasteiger partial charge in [0.05, 0.1) is 19.1 Å². The van der Waals surface area contributed by atoms with Crippen LogP contribution in [0.25, 0.3) is 0 Å². The van der Waals surface area contributed by atoms with Crippen molar-refractivity contribution >= 4 is 17.7 Å². The van der Waals surface area contributed by atoms with Crippen LogP contribution in [-0.2, 0) is 23.8 Å². The van der Waals surface area contributed by atoms with Crippen molar-refractivity contribution in [2.75, 3.05) is 20.5 Å². The van der Waals surface area contributed by atoms with Gasteiger partial charge in [0.2, 0.25) is 6.79 Å². The maximum Gasteiger partial charge on any atom is 0.309 e. The summed E-state index contributed by atoms with van der Waals surface area (Å²) in [5.74, 6) is -0.908. The monoisotopic (exact) mass is 493 g/mol. The molecule has 196 valence electrons. The number of Topliss-reactive ketones (excluding diaryl/α,β-unsaturated/α-hetero) is 1. The molecule has 1 saturated carbocycles. The number of methoxy groups -OCH3 is 1. The van der Waals surface area contributed by atoms with Crippen LogP contribution in [0.4, 0.5) is 0 Å². The molecule has 0 radical (unpaired) electrons. The Morgan fingerprint density at radius 1 is 1.14 bits per heavy atom. The predicted molar refractivity (Wildman–Crippen MR) is 128 cm³/mol. The van der Waals surface area contributed by atoms with Gasteiger partial charge in [0.1, 0.15) is 6.10 Å². The van der Waals surface area contributed by atoms with E-state index in [-0.39, 0.29) is 35.6 Å². The number of ether oxygens (including phenoxy) is 5. The fourth-order valence-electron chi connectivity index (χ4n) is 3.87. The molecule has 1 fully saturated rings. The standard InChI is InChI=1S/C26H39NO8/c1-7-20(8-2)24(32-14-19-9-10-19)17(4)35-26(30)16(3)13-21(29)23-25(34-15-33-18(5)28)22(31-6)11-12-27-23/h11-12,16-17,19-20,24H,7-10,13-15H2,1-6H3/t16-,17+,24-/m1/s1. The summed E-state index contributed by atoms with van der Waals surface area (Å²) in [6.45, 7) is 9.25. The molecule has 0 aromatic carbocycles. The molecule has 3 atom stereocenters. The number of esters is 2. The molecule has 0 unspecified atom stereocenters. The van der Waals surface area contributed by atoms with Crippen LogP contribution in [-0.4, -0.2) is 55.4 Å². The lowest BCUT2D eigenvalue weighted by Crippen LogP contribution is -2.38. The Morgan fingerprint density at radius 2 is 1.83 bits per heavy atom. The molecule has 1 aliphatic carbocycles. The Bertz CT molecular complexity index is 850. The third-order valence-electron chi connectivity index (χ3n) is 6.21. The van der Waals surface area contributed by atoms with Crippen molar-refractivity contribution in [2.24, 2.45) is 17.8 Å². The molecular formula is C26H39NO8. The SMILES string of the molecule is CCC(CC)[C@H](OCC1CC1)[C@H](C)OC(=O)[C@H](C)CC(=O)c1nccc(OC)c1OCOC(C)=O. The highest BCUT2D eigenvalue weighted by molar-refractivity contribution is 5.99. The molecule has 2 rings (SSSR count). The van der Waals surface area contributed by atoms with E-state index in [4.69, 9.17) is 23.7 Å². The van der Waals surface area contributed by atoms with Gasteiger partial charge < -0.3 is 23.7 Å². The molecule has 35 heavy (non-hydrogen) atoms. The van der Waals surface area contributed by atoms with E-state index in [9.17, 15) is 14.4 Å². The molecule has 0 bridgehead atoms. The molecule has 0 amide bonds. The highest BCUT2D eigenvalue weighted by Crippen LogP contribution is 2.32. The Labute approximate surface area is 207 Å². The zero-order chi connectivity index (χ0) is 26.0. The van der Waals surface area contributed by atoms with Gasteiger partial charge in [-0.05, 0) is 31.6 Å². The lowest BCUT2D eigenvalue weighted by Gasteiger charge is -2.31. The van der Waals surface area contributed by atoms with Crippen LogP contribution in [0.2, 0.25) is 0 Å².